The van der Waals surface area contributed by atoms with Gasteiger partial charge < -0.3 is 9.64 Å². The molecule has 6 nitrogen and oxygen atoms in total. The quantitative estimate of drug-likeness (QED) is 0.695. The highest BCUT2D eigenvalue weighted by Crippen LogP contribution is 2.25. The van der Waals surface area contributed by atoms with Crippen LogP contribution in [0.3, 0.4) is 0 Å². The SMILES string of the molecule is CN(C)C[C@H]1COCCN(Cc2c(-c3ccccc3)nc3ncccn23)C1. The second kappa shape index (κ2) is 8.17. The van der Waals surface area contributed by atoms with Crippen molar-refractivity contribution in [3.63, 3.8) is 0 Å². The van der Waals surface area contributed by atoms with E-state index in [-0.39, 0.29) is 0 Å². The van der Waals surface area contributed by atoms with Crippen LogP contribution in [0.4, 0.5) is 0 Å². The fraction of sp³-hybridized carbons (Fsp3) is 0.429. The smallest absolute Gasteiger partial charge is 0.234 e. The zero-order valence-electron chi connectivity index (χ0n) is 16.1. The van der Waals surface area contributed by atoms with E-state index >= 15 is 0 Å². The van der Waals surface area contributed by atoms with Crippen LogP contribution in [0.25, 0.3) is 17.0 Å². The first-order valence-electron chi connectivity index (χ1n) is 9.53. The van der Waals surface area contributed by atoms with Crippen molar-refractivity contribution >= 4 is 5.78 Å². The Bertz CT molecular complexity index is 877. The molecule has 0 spiro atoms. The molecule has 1 aliphatic heterocycles. The third kappa shape index (κ3) is 4.18. The predicted octanol–water partition coefficient (Wildman–Crippen LogP) is 2.41. The number of nitrogens with zero attached hydrogens (tertiary/aromatic N) is 5. The summed E-state index contributed by atoms with van der Waals surface area (Å²) in [5.74, 6) is 1.27. The van der Waals surface area contributed by atoms with Crippen molar-refractivity contribution in [2.75, 3.05) is 46.9 Å². The van der Waals surface area contributed by atoms with Gasteiger partial charge in [-0.1, -0.05) is 30.3 Å². The molecule has 0 aliphatic carbocycles. The lowest BCUT2D eigenvalue weighted by Gasteiger charge is -2.25. The number of benzene rings is 1. The first-order chi connectivity index (χ1) is 13.2. The van der Waals surface area contributed by atoms with Crippen LogP contribution in [0.5, 0.6) is 0 Å². The minimum atomic E-state index is 0.514. The van der Waals surface area contributed by atoms with Crippen molar-refractivity contribution in [3.05, 3.63) is 54.5 Å². The molecule has 3 heterocycles. The molecule has 0 bridgehead atoms. The highest BCUT2D eigenvalue weighted by molar-refractivity contribution is 5.65. The van der Waals surface area contributed by atoms with Gasteiger partial charge in [0.1, 0.15) is 0 Å². The highest BCUT2D eigenvalue weighted by atomic mass is 16.5. The van der Waals surface area contributed by atoms with E-state index in [2.05, 4.69) is 63.7 Å². The van der Waals surface area contributed by atoms with Gasteiger partial charge >= 0.3 is 0 Å². The number of ether oxygens (including phenoxy) is 1. The number of imidazole rings is 1. The Labute approximate surface area is 160 Å². The van der Waals surface area contributed by atoms with Gasteiger partial charge in [-0.05, 0) is 20.2 Å². The second-order valence-corrected chi connectivity index (χ2v) is 7.50. The summed E-state index contributed by atoms with van der Waals surface area (Å²) in [7, 11) is 4.25. The summed E-state index contributed by atoms with van der Waals surface area (Å²) in [5.41, 5.74) is 3.34. The molecular weight excluding hydrogens is 338 g/mol. The highest BCUT2D eigenvalue weighted by Gasteiger charge is 2.22. The van der Waals surface area contributed by atoms with Gasteiger partial charge in [-0.15, -0.1) is 0 Å². The molecule has 1 aliphatic rings. The van der Waals surface area contributed by atoms with Crippen LogP contribution in [-0.4, -0.2) is 71.1 Å². The molecule has 0 N–H and O–H groups in total. The molecule has 0 amide bonds. The summed E-state index contributed by atoms with van der Waals surface area (Å²) in [6, 6.07) is 12.4. The van der Waals surface area contributed by atoms with Gasteiger partial charge in [0.05, 0.1) is 24.6 Å². The Morgan fingerprint density at radius 3 is 2.85 bits per heavy atom. The molecular formula is C21H27N5O. The minimum Gasteiger partial charge on any atom is -0.380 e. The third-order valence-corrected chi connectivity index (χ3v) is 4.97. The molecule has 4 rings (SSSR count). The Balaban J connectivity index is 1.66. The first kappa shape index (κ1) is 18.1. The molecule has 27 heavy (non-hydrogen) atoms. The van der Waals surface area contributed by atoms with Crippen molar-refractivity contribution in [2.24, 2.45) is 5.92 Å². The summed E-state index contributed by atoms with van der Waals surface area (Å²) in [6.07, 6.45) is 3.86. The Kier molecular flexibility index (Phi) is 5.48. The molecule has 142 valence electrons. The van der Waals surface area contributed by atoms with Crippen molar-refractivity contribution in [1.82, 2.24) is 24.2 Å². The maximum absolute atomic E-state index is 5.86. The van der Waals surface area contributed by atoms with Crippen LogP contribution in [0.2, 0.25) is 0 Å². The lowest BCUT2D eigenvalue weighted by atomic mass is 10.1. The molecule has 1 aromatic carbocycles. The molecule has 6 heteroatoms. The summed E-state index contributed by atoms with van der Waals surface area (Å²) >= 11 is 0. The maximum Gasteiger partial charge on any atom is 0.234 e. The van der Waals surface area contributed by atoms with E-state index in [1.165, 1.54) is 5.69 Å². The van der Waals surface area contributed by atoms with Crippen LogP contribution >= 0.6 is 0 Å². The van der Waals surface area contributed by atoms with E-state index in [4.69, 9.17) is 9.72 Å². The van der Waals surface area contributed by atoms with Crippen molar-refractivity contribution in [3.8, 4) is 11.3 Å². The Morgan fingerprint density at radius 1 is 1.19 bits per heavy atom. The lowest BCUT2D eigenvalue weighted by molar-refractivity contribution is 0.112. The van der Waals surface area contributed by atoms with Crippen molar-refractivity contribution in [2.45, 2.75) is 6.54 Å². The zero-order valence-corrected chi connectivity index (χ0v) is 16.1. The minimum absolute atomic E-state index is 0.514. The molecule has 2 aromatic heterocycles. The average molecular weight is 365 g/mol. The second-order valence-electron chi connectivity index (χ2n) is 7.50. The number of hydrogen-bond acceptors (Lipinski definition) is 5. The zero-order chi connectivity index (χ0) is 18.6. The normalized spacial score (nSPS) is 18.9. The fourth-order valence-electron chi connectivity index (χ4n) is 3.85. The van der Waals surface area contributed by atoms with Gasteiger partial charge in [0.25, 0.3) is 0 Å². The van der Waals surface area contributed by atoms with Crippen LogP contribution in [-0.2, 0) is 11.3 Å². The van der Waals surface area contributed by atoms with Crippen molar-refractivity contribution < 1.29 is 4.74 Å². The molecule has 1 saturated heterocycles. The standard InChI is InChI=1S/C21H27N5O/c1-24(2)13-17-14-25(11-12-27-16-17)15-19-20(18-7-4-3-5-8-18)23-21-22-9-6-10-26(19)21/h3-10,17H,11-16H2,1-2H3/t17-/m1/s1. The maximum atomic E-state index is 5.86. The molecule has 1 atom stereocenters. The molecule has 0 radical (unpaired) electrons. The summed E-state index contributed by atoms with van der Waals surface area (Å²) in [5, 5.41) is 0. The monoisotopic (exact) mass is 365 g/mol. The number of rotatable bonds is 5. The number of aromatic nitrogens is 3. The van der Waals surface area contributed by atoms with Gasteiger partial charge in [0.15, 0.2) is 0 Å². The molecule has 3 aromatic rings. The first-order valence-corrected chi connectivity index (χ1v) is 9.53. The Morgan fingerprint density at radius 2 is 2.04 bits per heavy atom. The van der Waals surface area contributed by atoms with Gasteiger partial charge in [0, 0.05) is 50.1 Å². The topological polar surface area (TPSA) is 45.9 Å². The Hall–Kier alpha value is -2.28. The fourth-order valence-corrected chi connectivity index (χ4v) is 3.85. The van der Waals surface area contributed by atoms with E-state index in [0.717, 1.165) is 56.4 Å². The van der Waals surface area contributed by atoms with Crippen molar-refractivity contribution in [1.29, 1.82) is 0 Å². The van der Waals surface area contributed by atoms with E-state index < -0.39 is 0 Å². The van der Waals surface area contributed by atoms with E-state index in [1.807, 2.05) is 12.1 Å². The van der Waals surface area contributed by atoms with Gasteiger partial charge in [-0.25, -0.2) is 9.97 Å². The van der Waals surface area contributed by atoms with E-state index in [1.54, 1.807) is 6.20 Å². The van der Waals surface area contributed by atoms with Crippen LogP contribution in [0, 0.1) is 5.92 Å². The van der Waals surface area contributed by atoms with Gasteiger partial charge in [-0.2, -0.15) is 0 Å². The van der Waals surface area contributed by atoms with E-state index in [9.17, 15) is 0 Å². The van der Waals surface area contributed by atoms with Crippen LogP contribution < -0.4 is 0 Å². The molecule has 0 unspecified atom stereocenters. The van der Waals surface area contributed by atoms with Crippen LogP contribution in [0.15, 0.2) is 48.8 Å². The summed E-state index contributed by atoms with van der Waals surface area (Å²) in [4.78, 5) is 14.0. The predicted molar refractivity (Wildman–Crippen MR) is 107 cm³/mol. The number of fused-ring (bicyclic) bond motifs is 1. The molecule has 0 saturated carbocycles. The van der Waals surface area contributed by atoms with Crippen LogP contribution in [0.1, 0.15) is 5.69 Å². The number of hydrogen-bond donors (Lipinski definition) is 0. The lowest BCUT2D eigenvalue weighted by Crippen LogP contribution is -2.34. The van der Waals surface area contributed by atoms with E-state index in [0.29, 0.717) is 5.92 Å². The summed E-state index contributed by atoms with van der Waals surface area (Å²) < 4.78 is 7.98. The summed E-state index contributed by atoms with van der Waals surface area (Å²) in [6.45, 7) is 5.45. The molecule has 1 fully saturated rings. The third-order valence-electron chi connectivity index (χ3n) is 4.97. The average Bonchev–Trinajstić information content (AvgIpc) is 2.88. The largest absolute Gasteiger partial charge is 0.380 e. The van der Waals surface area contributed by atoms with Gasteiger partial charge in [0.2, 0.25) is 5.78 Å². The van der Waals surface area contributed by atoms with Gasteiger partial charge in [-0.3, -0.25) is 9.30 Å².